The number of nitrogens with two attached hydrogens (primary N) is 1. The number of ether oxygens (including phenoxy) is 1. The van der Waals surface area contributed by atoms with Gasteiger partial charge in [-0.1, -0.05) is 0 Å². The summed E-state index contributed by atoms with van der Waals surface area (Å²) in [6.07, 6.45) is -0.711. The Morgan fingerprint density at radius 1 is 1.80 bits per heavy atom. The summed E-state index contributed by atoms with van der Waals surface area (Å²) in [5.74, 6) is -0.342. The third kappa shape index (κ3) is 1.19. The van der Waals surface area contributed by atoms with Gasteiger partial charge in [-0.2, -0.15) is 4.99 Å². The van der Waals surface area contributed by atoms with Crippen LogP contribution < -0.4 is 5.73 Å². The van der Waals surface area contributed by atoms with Gasteiger partial charge in [-0.15, -0.1) is 0 Å². The third-order valence-corrected chi connectivity index (χ3v) is 1.07. The number of amides is 1. The van der Waals surface area contributed by atoms with Crippen LogP contribution in [0, 0.1) is 0 Å². The average Bonchev–Trinajstić information content (AvgIpc) is 2.34. The van der Waals surface area contributed by atoms with E-state index in [0.717, 1.165) is 0 Å². The fourth-order valence-corrected chi connectivity index (χ4v) is 0.565. The number of cyclic esters (lactones) is 1. The number of hydrogen-bond acceptors (Lipinski definition) is 4. The van der Waals surface area contributed by atoms with E-state index < -0.39 is 6.09 Å². The lowest BCUT2D eigenvalue weighted by Gasteiger charge is -1.90. The molecule has 1 heterocycles. The number of hydrogen-bond donors (Lipinski definition) is 1. The van der Waals surface area contributed by atoms with Crippen molar-refractivity contribution in [2.45, 2.75) is 0 Å². The monoisotopic (exact) mass is 142 g/mol. The van der Waals surface area contributed by atoms with Crippen LogP contribution in [0.5, 0.6) is 0 Å². The van der Waals surface area contributed by atoms with Crippen molar-refractivity contribution >= 4 is 17.6 Å². The molecule has 0 unspecified atom stereocenters. The van der Waals surface area contributed by atoms with Crippen molar-refractivity contribution in [3.05, 3.63) is 0 Å². The van der Waals surface area contributed by atoms with Gasteiger partial charge in [0.1, 0.15) is 12.3 Å². The topological polar surface area (TPSA) is 81.8 Å². The molecule has 0 spiro atoms. The van der Waals surface area contributed by atoms with Gasteiger partial charge in [0.15, 0.2) is 5.78 Å². The van der Waals surface area contributed by atoms with Crippen LogP contribution in [-0.2, 0) is 9.53 Å². The molecule has 0 aromatic rings. The minimum absolute atomic E-state index is 0.0329. The SMILES string of the molecule is NCC(=O)C1=NC(=O)OC1. The predicted molar refractivity (Wildman–Crippen MR) is 32.8 cm³/mol. The highest BCUT2D eigenvalue weighted by molar-refractivity contribution is 6.43. The second-order valence-electron chi connectivity index (χ2n) is 1.74. The number of aliphatic imine (C=N–C) groups is 1. The third-order valence-electron chi connectivity index (χ3n) is 1.07. The lowest BCUT2D eigenvalue weighted by atomic mass is 10.3. The van der Waals surface area contributed by atoms with Crippen LogP contribution >= 0.6 is 0 Å². The summed E-state index contributed by atoms with van der Waals surface area (Å²) in [5.41, 5.74) is 5.12. The first-order chi connectivity index (χ1) is 4.74. The Hall–Kier alpha value is -1.23. The second-order valence-corrected chi connectivity index (χ2v) is 1.74. The summed E-state index contributed by atoms with van der Waals surface area (Å²) in [6.45, 7) is -0.162. The first kappa shape index (κ1) is 6.88. The molecular formula is C5H6N2O3. The number of rotatable bonds is 2. The highest BCUT2D eigenvalue weighted by Crippen LogP contribution is 1.97. The quantitative estimate of drug-likeness (QED) is 0.542. The van der Waals surface area contributed by atoms with E-state index in [2.05, 4.69) is 9.73 Å². The second kappa shape index (κ2) is 2.57. The first-order valence-corrected chi connectivity index (χ1v) is 2.71. The highest BCUT2D eigenvalue weighted by Gasteiger charge is 2.19. The molecule has 5 nitrogen and oxygen atoms in total. The van der Waals surface area contributed by atoms with Gasteiger partial charge in [0.05, 0.1) is 6.54 Å². The molecule has 10 heavy (non-hydrogen) atoms. The number of carbonyl (C=O) groups excluding carboxylic acids is 2. The normalized spacial score (nSPS) is 16.5. The van der Waals surface area contributed by atoms with Crippen LogP contribution in [0.25, 0.3) is 0 Å². The molecule has 2 N–H and O–H groups in total. The molecule has 1 aliphatic heterocycles. The van der Waals surface area contributed by atoms with Crippen LogP contribution in [0.3, 0.4) is 0 Å². The summed E-state index contributed by atoms with van der Waals surface area (Å²) in [6, 6.07) is 0. The van der Waals surface area contributed by atoms with E-state index in [-0.39, 0.29) is 24.6 Å². The number of Topliss-reactive ketones (excluding diaryl/α,β-unsaturated/α-hetero) is 1. The molecule has 0 fully saturated rings. The smallest absolute Gasteiger partial charge is 0.434 e. The molecule has 0 aromatic carbocycles. The van der Waals surface area contributed by atoms with Crippen molar-refractivity contribution in [2.75, 3.05) is 13.2 Å². The molecule has 0 radical (unpaired) electrons. The fraction of sp³-hybridized carbons (Fsp3) is 0.400. The molecule has 54 valence electrons. The standard InChI is InChI=1S/C5H6N2O3/c6-1-4(8)3-2-10-5(9)7-3/h1-2,6H2. The zero-order chi connectivity index (χ0) is 7.56. The van der Waals surface area contributed by atoms with Gasteiger partial charge in [0.25, 0.3) is 0 Å². The number of ketones is 1. The molecule has 0 aromatic heterocycles. The summed E-state index contributed by atoms with van der Waals surface area (Å²) >= 11 is 0. The van der Waals surface area contributed by atoms with Crippen molar-refractivity contribution in [1.29, 1.82) is 0 Å². The Morgan fingerprint density at radius 3 is 2.90 bits per heavy atom. The largest absolute Gasteiger partial charge is 0.441 e. The van der Waals surface area contributed by atoms with Gasteiger partial charge in [-0.25, -0.2) is 4.79 Å². The van der Waals surface area contributed by atoms with Crippen molar-refractivity contribution in [3.63, 3.8) is 0 Å². The van der Waals surface area contributed by atoms with Crippen molar-refractivity contribution in [1.82, 2.24) is 0 Å². The molecule has 0 saturated heterocycles. The Labute approximate surface area is 56.9 Å². The summed E-state index contributed by atoms with van der Waals surface area (Å²) in [4.78, 5) is 24.2. The summed E-state index contributed by atoms with van der Waals surface area (Å²) in [7, 11) is 0. The lowest BCUT2D eigenvalue weighted by Crippen LogP contribution is -2.24. The Balaban J connectivity index is 2.66. The molecule has 5 heteroatoms. The van der Waals surface area contributed by atoms with E-state index in [1.165, 1.54) is 0 Å². The molecule has 1 aliphatic rings. The Morgan fingerprint density at radius 2 is 2.50 bits per heavy atom. The Kier molecular flexibility index (Phi) is 1.77. The predicted octanol–water partition coefficient (Wildman–Crippen LogP) is -0.895. The molecule has 1 amide bonds. The van der Waals surface area contributed by atoms with Gasteiger partial charge >= 0.3 is 6.09 Å². The van der Waals surface area contributed by atoms with Crippen LogP contribution in [0.1, 0.15) is 0 Å². The maximum atomic E-state index is 10.7. The van der Waals surface area contributed by atoms with E-state index >= 15 is 0 Å². The van der Waals surface area contributed by atoms with Crippen LogP contribution in [0.4, 0.5) is 4.79 Å². The zero-order valence-electron chi connectivity index (χ0n) is 5.16. The van der Waals surface area contributed by atoms with Crippen molar-refractivity contribution in [3.8, 4) is 0 Å². The number of carbonyl (C=O) groups is 2. The van der Waals surface area contributed by atoms with E-state index in [1.54, 1.807) is 0 Å². The lowest BCUT2D eigenvalue weighted by molar-refractivity contribution is -0.111. The van der Waals surface area contributed by atoms with Crippen LogP contribution in [0.2, 0.25) is 0 Å². The molecule has 0 aliphatic carbocycles. The first-order valence-electron chi connectivity index (χ1n) is 2.71. The van der Waals surface area contributed by atoms with Gasteiger partial charge in [-0.05, 0) is 0 Å². The molecule has 0 atom stereocenters. The average molecular weight is 142 g/mol. The number of nitrogens with zero attached hydrogens (tertiary/aromatic N) is 1. The summed E-state index contributed by atoms with van der Waals surface area (Å²) < 4.78 is 4.37. The fourth-order valence-electron chi connectivity index (χ4n) is 0.565. The zero-order valence-corrected chi connectivity index (χ0v) is 5.16. The minimum Gasteiger partial charge on any atom is -0.441 e. The van der Waals surface area contributed by atoms with E-state index in [4.69, 9.17) is 5.73 Å². The molecule has 0 saturated carbocycles. The van der Waals surface area contributed by atoms with Gasteiger partial charge < -0.3 is 10.5 Å². The van der Waals surface area contributed by atoms with Gasteiger partial charge in [0.2, 0.25) is 0 Å². The van der Waals surface area contributed by atoms with Gasteiger partial charge in [0, 0.05) is 0 Å². The van der Waals surface area contributed by atoms with E-state index in [1.807, 2.05) is 0 Å². The minimum atomic E-state index is -0.711. The van der Waals surface area contributed by atoms with E-state index in [0.29, 0.717) is 0 Å². The maximum absolute atomic E-state index is 10.7. The van der Waals surface area contributed by atoms with Crippen LogP contribution in [-0.4, -0.2) is 30.7 Å². The molecule has 1 rings (SSSR count). The molecule has 0 bridgehead atoms. The maximum Gasteiger partial charge on any atom is 0.434 e. The Bertz CT molecular complexity index is 209. The van der Waals surface area contributed by atoms with Crippen molar-refractivity contribution in [2.24, 2.45) is 10.7 Å². The van der Waals surface area contributed by atoms with Crippen LogP contribution in [0.15, 0.2) is 4.99 Å². The van der Waals surface area contributed by atoms with E-state index in [9.17, 15) is 9.59 Å². The molecular weight excluding hydrogens is 136 g/mol. The summed E-state index contributed by atoms with van der Waals surface area (Å²) in [5, 5.41) is 0. The van der Waals surface area contributed by atoms with Gasteiger partial charge in [-0.3, -0.25) is 4.79 Å². The highest BCUT2D eigenvalue weighted by atomic mass is 16.6. The van der Waals surface area contributed by atoms with Crippen molar-refractivity contribution < 1.29 is 14.3 Å².